The van der Waals surface area contributed by atoms with Crippen molar-refractivity contribution in [1.82, 2.24) is 4.57 Å². The van der Waals surface area contributed by atoms with Crippen molar-refractivity contribution in [3.63, 3.8) is 0 Å². The summed E-state index contributed by atoms with van der Waals surface area (Å²) in [5.41, 5.74) is 2.77. The summed E-state index contributed by atoms with van der Waals surface area (Å²) in [6.07, 6.45) is 7.35. The van der Waals surface area contributed by atoms with E-state index < -0.39 is 17.9 Å². The molecule has 3 unspecified atom stereocenters. The second-order valence-electron chi connectivity index (χ2n) is 8.26. The first-order chi connectivity index (χ1) is 15.7. The van der Waals surface area contributed by atoms with E-state index in [0.29, 0.717) is 52.7 Å². The maximum Gasteiger partial charge on any atom is 0.304 e. The van der Waals surface area contributed by atoms with Crippen molar-refractivity contribution in [1.29, 1.82) is 0 Å². The summed E-state index contributed by atoms with van der Waals surface area (Å²) in [6, 6.07) is 2.84. The van der Waals surface area contributed by atoms with Crippen LogP contribution in [0.5, 0.6) is 0 Å². The van der Waals surface area contributed by atoms with Gasteiger partial charge in [-0.1, -0.05) is 31.2 Å². The Morgan fingerprint density at radius 2 is 2.15 bits per heavy atom. The fraction of sp³-hybridized carbons (Fsp3) is 0.385. The summed E-state index contributed by atoms with van der Waals surface area (Å²) in [4.78, 5) is 25.3. The summed E-state index contributed by atoms with van der Waals surface area (Å²) in [5.74, 6) is -1.90. The number of halogens is 2. The molecule has 3 atom stereocenters. The molecule has 33 heavy (non-hydrogen) atoms. The maximum absolute atomic E-state index is 14.7. The van der Waals surface area contributed by atoms with Crippen LogP contribution in [-0.2, 0) is 16.1 Å². The van der Waals surface area contributed by atoms with Crippen molar-refractivity contribution in [3.05, 3.63) is 71.2 Å². The Bertz CT molecular complexity index is 1140. The number of benzene rings is 1. The number of carboxylic acids is 1. The predicted octanol–water partition coefficient (Wildman–Crippen LogP) is 6.32. The third-order valence-electron chi connectivity index (χ3n) is 6.16. The summed E-state index contributed by atoms with van der Waals surface area (Å²) < 4.78 is 22.2. The summed E-state index contributed by atoms with van der Waals surface area (Å²) >= 11 is 6.03. The van der Waals surface area contributed by atoms with Gasteiger partial charge in [0.1, 0.15) is 5.82 Å². The number of aliphatic carboxylic acids is 1. The number of fused-ring (bicyclic) bond motifs is 3. The van der Waals surface area contributed by atoms with Crippen LogP contribution >= 0.6 is 11.6 Å². The molecule has 2 heterocycles. The van der Waals surface area contributed by atoms with Crippen LogP contribution in [0.4, 0.5) is 4.39 Å². The van der Waals surface area contributed by atoms with E-state index in [-0.39, 0.29) is 23.5 Å². The lowest BCUT2D eigenvalue weighted by atomic mass is 9.89. The molecule has 3 rings (SSSR count). The van der Waals surface area contributed by atoms with Crippen LogP contribution in [0, 0.1) is 5.82 Å². The molecule has 176 valence electrons. The Hall–Kier alpha value is -2.70. The van der Waals surface area contributed by atoms with E-state index in [4.69, 9.17) is 16.3 Å². The molecule has 0 spiro atoms. The molecule has 1 aromatic carbocycles. The number of nitrogens with zero attached hydrogens (tertiary/aromatic N) is 1. The molecule has 0 bridgehead atoms. The van der Waals surface area contributed by atoms with Gasteiger partial charge in [-0.3, -0.25) is 9.59 Å². The van der Waals surface area contributed by atoms with Crippen molar-refractivity contribution in [2.24, 2.45) is 0 Å². The lowest BCUT2D eigenvalue weighted by molar-refractivity contribution is -0.137. The van der Waals surface area contributed by atoms with E-state index in [2.05, 4.69) is 6.58 Å². The monoisotopic (exact) mass is 473 g/mol. The minimum atomic E-state index is -0.931. The minimum Gasteiger partial charge on any atom is -0.481 e. The van der Waals surface area contributed by atoms with Gasteiger partial charge in [-0.05, 0) is 43.0 Å². The number of aromatic nitrogens is 1. The van der Waals surface area contributed by atoms with Crippen LogP contribution < -0.4 is 0 Å². The lowest BCUT2D eigenvalue weighted by Gasteiger charge is -2.17. The SMILES string of the molecule is C=CC(Cl)C=C/C=C(\C)C(=O)c1c2n(c3cc(F)cc(C(CC)OC)c13)CCC2CC(=O)O. The number of carboxylic acid groups (broad SMARTS) is 1. The fourth-order valence-corrected chi connectivity index (χ4v) is 4.73. The number of Topliss-reactive ketones (excluding diaryl/α,β-unsaturated/α-hetero) is 1. The number of hydrogen-bond donors (Lipinski definition) is 1. The van der Waals surface area contributed by atoms with E-state index in [1.165, 1.54) is 12.1 Å². The first-order valence-corrected chi connectivity index (χ1v) is 11.4. The van der Waals surface area contributed by atoms with Gasteiger partial charge in [0.2, 0.25) is 0 Å². The highest BCUT2D eigenvalue weighted by Crippen LogP contribution is 2.44. The number of carbonyl (C=O) groups is 2. The highest BCUT2D eigenvalue weighted by molar-refractivity contribution is 6.23. The Morgan fingerprint density at radius 1 is 1.42 bits per heavy atom. The van der Waals surface area contributed by atoms with Gasteiger partial charge in [0.25, 0.3) is 0 Å². The topological polar surface area (TPSA) is 68.5 Å². The highest BCUT2D eigenvalue weighted by atomic mass is 35.5. The van der Waals surface area contributed by atoms with Crippen LogP contribution in [0.3, 0.4) is 0 Å². The molecule has 7 heteroatoms. The van der Waals surface area contributed by atoms with Gasteiger partial charge in [0.15, 0.2) is 5.78 Å². The van der Waals surface area contributed by atoms with Gasteiger partial charge in [-0.15, -0.1) is 18.2 Å². The van der Waals surface area contributed by atoms with Gasteiger partial charge in [-0.2, -0.15) is 0 Å². The van der Waals surface area contributed by atoms with Gasteiger partial charge < -0.3 is 14.4 Å². The number of carbonyl (C=O) groups excluding carboxylic acids is 1. The van der Waals surface area contributed by atoms with Crippen molar-refractivity contribution in [3.8, 4) is 0 Å². The molecule has 1 aromatic heterocycles. The predicted molar refractivity (Wildman–Crippen MR) is 129 cm³/mol. The van der Waals surface area contributed by atoms with Crippen LogP contribution in [0.25, 0.3) is 10.9 Å². The molecule has 2 aromatic rings. The normalized spacial score (nSPS) is 18.0. The van der Waals surface area contributed by atoms with Gasteiger partial charge >= 0.3 is 5.97 Å². The molecule has 0 radical (unpaired) electrons. The molecule has 0 saturated heterocycles. The second kappa shape index (κ2) is 10.5. The van der Waals surface area contributed by atoms with Crippen molar-refractivity contribution < 1.29 is 23.8 Å². The van der Waals surface area contributed by atoms with Crippen molar-refractivity contribution in [2.45, 2.75) is 57.1 Å². The highest BCUT2D eigenvalue weighted by Gasteiger charge is 2.35. The van der Waals surface area contributed by atoms with E-state index in [9.17, 15) is 19.1 Å². The molecule has 0 amide bonds. The zero-order chi connectivity index (χ0) is 24.3. The lowest BCUT2D eigenvalue weighted by Crippen LogP contribution is -2.10. The molecule has 0 aliphatic carbocycles. The zero-order valence-corrected chi connectivity index (χ0v) is 19.9. The van der Waals surface area contributed by atoms with Gasteiger partial charge in [-0.25, -0.2) is 4.39 Å². The Morgan fingerprint density at radius 3 is 2.76 bits per heavy atom. The maximum atomic E-state index is 14.7. The number of hydrogen-bond acceptors (Lipinski definition) is 3. The fourth-order valence-electron chi connectivity index (χ4n) is 4.64. The summed E-state index contributed by atoms with van der Waals surface area (Å²) in [7, 11) is 1.56. The minimum absolute atomic E-state index is 0.0914. The average molecular weight is 474 g/mol. The first-order valence-electron chi connectivity index (χ1n) is 11.0. The third-order valence-corrected chi connectivity index (χ3v) is 6.49. The van der Waals surface area contributed by atoms with Crippen LogP contribution in [0.2, 0.25) is 0 Å². The van der Waals surface area contributed by atoms with E-state index in [1.807, 2.05) is 11.5 Å². The summed E-state index contributed by atoms with van der Waals surface area (Å²) in [5, 5.41) is 9.73. The number of ketones is 1. The second-order valence-corrected chi connectivity index (χ2v) is 8.76. The zero-order valence-electron chi connectivity index (χ0n) is 19.1. The average Bonchev–Trinajstić information content (AvgIpc) is 3.32. The van der Waals surface area contributed by atoms with Crippen molar-refractivity contribution >= 4 is 34.3 Å². The number of alkyl halides is 1. The first kappa shape index (κ1) is 24.9. The molecule has 0 saturated carbocycles. The number of methoxy groups -OCH3 is 1. The largest absolute Gasteiger partial charge is 0.481 e. The van der Waals surface area contributed by atoms with Crippen molar-refractivity contribution in [2.75, 3.05) is 7.11 Å². The van der Waals surface area contributed by atoms with E-state index in [1.54, 1.807) is 38.3 Å². The molecule has 0 fully saturated rings. The van der Waals surface area contributed by atoms with Crippen LogP contribution in [0.1, 0.15) is 66.7 Å². The number of ether oxygens (including phenoxy) is 1. The molecular weight excluding hydrogens is 445 g/mol. The molecular formula is C26H29ClFNO4. The van der Waals surface area contributed by atoms with E-state index in [0.717, 1.165) is 0 Å². The molecule has 1 N–H and O–H groups in total. The molecule has 1 aliphatic heterocycles. The van der Waals surface area contributed by atoms with Gasteiger partial charge in [0, 0.05) is 30.7 Å². The smallest absolute Gasteiger partial charge is 0.304 e. The van der Waals surface area contributed by atoms with Gasteiger partial charge in [0.05, 0.1) is 29.0 Å². The number of aryl methyl sites for hydroxylation is 1. The molecule has 5 nitrogen and oxygen atoms in total. The Kier molecular flexibility index (Phi) is 7.92. The van der Waals surface area contributed by atoms with Crippen LogP contribution in [0.15, 0.2) is 48.6 Å². The third kappa shape index (κ3) is 4.97. The summed E-state index contributed by atoms with van der Waals surface area (Å²) in [6.45, 7) is 7.79. The number of allylic oxidation sites excluding steroid dienone is 5. The standard InChI is InChI=1S/C26H29ClFNO4/c1-5-17(27)9-7-8-15(3)26(32)24-23-19(21(6-2)33-4)13-18(28)14-20(23)29-11-10-16(25(24)29)12-22(30)31/h5,7-9,13-14,16-17,21H,1,6,10-12H2,2-4H3,(H,30,31)/b9-7?,15-8+. The quantitative estimate of drug-likeness (QED) is 0.144. The van der Waals surface area contributed by atoms with Crippen LogP contribution in [-0.4, -0.2) is 33.9 Å². The molecule has 1 aliphatic rings. The van der Waals surface area contributed by atoms with E-state index >= 15 is 0 Å². The Labute approximate surface area is 198 Å². The number of rotatable bonds is 10. The Balaban J connectivity index is 2.28.